The Morgan fingerprint density at radius 1 is 1.48 bits per heavy atom. The first-order valence-electron chi connectivity index (χ1n) is 6.28. The fourth-order valence-corrected chi connectivity index (χ4v) is 2.12. The molecule has 0 spiro atoms. The third kappa shape index (κ3) is 3.25. The predicted molar refractivity (Wildman–Crippen MR) is 76.8 cm³/mol. The van der Waals surface area contributed by atoms with Gasteiger partial charge in [0.15, 0.2) is 0 Å². The minimum Gasteiger partial charge on any atom is -0.480 e. The smallest absolute Gasteiger partial charge is 0.325 e. The molecule has 1 aliphatic rings. The van der Waals surface area contributed by atoms with Crippen molar-refractivity contribution in [2.75, 3.05) is 18.0 Å². The highest BCUT2D eigenvalue weighted by atomic mass is 35.5. The molecule has 0 aliphatic carbocycles. The number of amides is 3. The summed E-state index contributed by atoms with van der Waals surface area (Å²) in [6, 6.07) is 3.16. The zero-order valence-electron chi connectivity index (χ0n) is 11.2. The lowest BCUT2D eigenvalue weighted by molar-refractivity contribution is -0.138. The maximum Gasteiger partial charge on any atom is 0.325 e. The van der Waals surface area contributed by atoms with E-state index >= 15 is 0 Å². The number of anilines is 1. The maximum absolute atomic E-state index is 12.0. The van der Waals surface area contributed by atoms with Crippen LogP contribution < -0.4 is 15.5 Å². The van der Waals surface area contributed by atoms with Crippen LogP contribution in [0, 0.1) is 0 Å². The molecule has 1 aliphatic heterocycles. The van der Waals surface area contributed by atoms with E-state index in [4.69, 9.17) is 16.7 Å². The number of nitrogens with zero attached hydrogens (tertiary/aromatic N) is 1. The topological polar surface area (TPSA) is 98.7 Å². The number of carbonyl (C=O) groups is 3. The quantitative estimate of drug-likeness (QED) is 0.774. The molecular weight excluding hydrogens is 298 g/mol. The van der Waals surface area contributed by atoms with Crippen LogP contribution in [0.25, 0.3) is 0 Å². The minimum absolute atomic E-state index is 0.238. The van der Waals surface area contributed by atoms with E-state index in [0.29, 0.717) is 23.8 Å². The Kier molecular flexibility index (Phi) is 4.32. The van der Waals surface area contributed by atoms with E-state index in [1.807, 2.05) is 0 Å². The monoisotopic (exact) mass is 311 g/mol. The second kappa shape index (κ2) is 6.01. The van der Waals surface area contributed by atoms with Crippen LogP contribution in [0.1, 0.15) is 17.3 Å². The first kappa shape index (κ1) is 15.1. The number of hydrogen-bond acceptors (Lipinski definition) is 3. The number of carboxylic acid groups (broad SMARTS) is 1. The lowest BCUT2D eigenvalue weighted by atomic mass is 10.1. The summed E-state index contributed by atoms with van der Waals surface area (Å²) in [7, 11) is 0. The van der Waals surface area contributed by atoms with E-state index in [9.17, 15) is 14.4 Å². The number of nitrogens with one attached hydrogen (secondary N) is 2. The second-order valence-corrected chi connectivity index (χ2v) is 4.99. The average Bonchev–Trinajstić information content (AvgIpc) is 2.85. The standard InChI is InChI=1S/C13H14ClN3O4/c1-7(12(19)20)16-11(18)8-2-3-9(14)10(6-8)17-5-4-15-13(17)21/h2-3,6-7H,4-5H2,1H3,(H,15,21)(H,16,18)(H,19,20)/t7-/m0/s1. The highest BCUT2D eigenvalue weighted by Crippen LogP contribution is 2.28. The van der Waals surface area contributed by atoms with Crippen molar-refractivity contribution >= 4 is 35.2 Å². The molecule has 2 rings (SSSR count). The first-order chi connectivity index (χ1) is 9.90. The fraction of sp³-hybridized carbons (Fsp3) is 0.308. The average molecular weight is 312 g/mol. The molecule has 7 nitrogen and oxygen atoms in total. The van der Waals surface area contributed by atoms with Gasteiger partial charge in [-0.05, 0) is 25.1 Å². The van der Waals surface area contributed by atoms with Gasteiger partial charge in [0.05, 0.1) is 10.7 Å². The van der Waals surface area contributed by atoms with E-state index < -0.39 is 17.9 Å². The lowest BCUT2D eigenvalue weighted by Crippen LogP contribution is -2.38. The van der Waals surface area contributed by atoms with Crippen LogP contribution in [0.15, 0.2) is 18.2 Å². The van der Waals surface area contributed by atoms with Crippen molar-refractivity contribution in [2.24, 2.45) is 0 Å². The zero-order valence-corrected chi connectivity index (χ0v) is 12.0. The Hall–Kier alpha value is -2.28. The van der Waals surface area contributed by atoms with Crippen LogP contribution in [0.4, 0.5) is 10.5 Å². The highest BCUT2D eigenvalue weighted by molar-refractivity contribution is 6.34. The molecule has 1 atom stereocenters. The largest absolute Gasteiger partial charge is 0.480 e. The SMILES string of the molecule is C[C@H](NC(=O)c1ccc(Cl)c(N2CCNC2=O)c1)C(=O)O. The van der Waals surface area contributed by atoms with Gasteiger partial charge >= 0.3 is 12.0 Å². The van der Waals surface area contributed by atoms with E-state index in [0.717, 1.165) is 0 Å². The van der Waals surface area contributed by atoms with Crippen molar-refractivity contribution in [3.63, 3.8) is 0 Å². The molecule has 0 bridgehead atoms. The zero-order chi connectivity index (χ0) is 15.6. The van der Waals surface area contributed by atoms with Crippen LogP contribution >= 0.6 is 11.6 Å². The second-order valence-electron chi connectivity index (χ2n) is 4.58. The molecule has 0 radical (unpaired) electrons. The number of carboxylic acids is 1. The van der Waals surface area contributed by atoms with E-state index in [-0.39, 0.29) is 11.6 Å². The van der Waals surface area contributed by atoms with Gasteiger partial charge in [-0.1, -0.05) is 11.6 Å². The Morgan fingerprint density at radius 2 is 2.19 bits per heavy atom. The number of benzene rings is 1. The Morgan fingerprint density at radius 3 is 2.76 bits per heavy atom. The predicted octanol–water partition coefficient (Wildman–Crippen LogP) is 1.07. The number of carbonyl (C=O) groups excluding carboxylic acids is 2. The molecule has 112 valence electrons. The molecule has 1 fully saturated rings. The summed E-state index contributed by atoms with van der Waals surface area (Å²) in [5.74, 6) is -1.67. The van der Waals surface area contributed by atoms with Gasteiger partial charge in [-0.25, -0.2) is 4.79 Å². The third-order valence-corrected chi connectivity index (χ3v) is 3.39. The molecule has 0 aromatic heterocycles. The van der Waals surface area contributed by atoms with E-state index in [1.165, 1.54) is 30.0 Å². The van der Waals surface area contributed by atoms with Crippen LogP contribution in [-0.4, -0.2) is 42.1 Å². The first-order valence-corrected chi connectivity index (χ1v) is 6.66. The van der Waals surface area contributed by atoms with Gasteiger partial charge in [-0.15, -0.1) is 0 Å². The van der Waals surface area contributed by atoms with E-state index in [2.05, 4.69) is 10.6 Å². The number of rotatable bonds is 4. The van der Waals surface area contributed by atoms with Crippen molar-refractivity contribution in [3.05, 3.63) is 28.8 Å². The summed E-state index contributed by atoms with van der Waals surface area (Å²) in [6.07, 6.45) is 0. The van der Waals surface area contributed by atoms with Crippen molar-refractivity contribution < 1.29 is 19.5 Å². The van der Waals surface area contributed by atoms with Gasteiger partial charge in [0.25, 0.3) is 5.91 Å². The van der Waals surface area contributed by atoms with Crippen LogP contribution in [0.2, 0.25) is 5.02 Å². The highest BCUT2D eigenvalue weighted by Gasteiger charge is 2.24. The van der Waals surface area contributed by atoms with Gasteiger partial charge in [-0.2, -0.15) is 0 Å². The summed E-state index contributed by atoms with van der Waals surface area (Å²) in [5.41, 5.74) is 0.657. The molecule has 8 heteroatoms. The fourth-order valence-electron chi connectivity index (χ4n) is 1.90. The third-order valence-electron chi connectivity index (χ3n) is 3.07. The van der Waals surface area contributed by atoms with Gasteiger partial charge < -0.3 is 15.7 Å². The molecule has 1 aromatic rings. The molecule has 1 heterocycles. The van der Waals surface area contributed by atoms with Gasteiger partial charge in [0.2, 0.25) is 0 Å². The van der Waals surface area contributed by atoms with Crippen molar-refractivity contribution in [2.45, 2.75) is 13.0 Å². The van der Waals surface area contributed by atoms with Crippen molar-refractivity contribution in [1.82, 2.24) is 10.6 Å². The normalized spacial score (nSPS) is 15.5. The number of halogens is 1. The lowest BCUT2D eigenvalue weighted by Gasteiger charge is -2.17. The maximum atomic E-state index is 12.0. The molecular formula is C13H14ClN3O4. The Balaban J connectivity index is 2.24. The van der Waals surface area contributed by atoms with Gasteiger partial charge in [0, 0.05) is 18.7 Å². The summed E-state index contributed by atoms with van der Waals surface area (Å²) < 4.78 is 0. The molecule has 0 unspecified atom stereocenters. The molecule has 21 heavy (non-hydrogen) atoms. The van der Waals surface area contributed by atoms with Crippen LogP contribution in [-0.2, 0) is 4.79 Å². The molecule has 3 N–H and O–H groups in total. The summed E-state index contributed by atoms with van der Waals surface area (Å²) in [6.45, 7) is 2.32. The Bertz CT molecular complexity index is 605. The van der Waals surface area contributed by atoms with Crippen LogP contribution in [0.3, 0.4) is 0 Å². The Labute approximate surface area is 125 Å². The summed E-state index contributed by atoms with van der Waals surface area (Å²) in [5, 5.41) is 14.1. The number of aliphatic carboxylic acids is 1. The van der Waals surface area contributed by atoms with Crippen LogP contribution in [0.5, 0.6) is 0 Å². The minimum atomic E-state index is -1.13. The van der Waals surface area contributed by atoms with Gasteiger partial charge in [0.1, 0.15) is 6.04 Å². The molecule has 1 aromatic carbocycles. The molecule has 1 saturated heterocycles. The van der Waals surface area contributed by atoms with Crippen molar-refractivity contribution in [3.8, 4) is 0 Å². The van der Waals surface area contributed by atoms with Crippen molar-refractivity contribution in [1.29, 1.82) is 0 Å². The summed E-state index contributed by atoms with van der Waals surface area (Å²) >= 11 is 6.05. The van der Waals surface area contributed by atoms with E-state index in [1.54, 1.807) is 0 Å². The molecule has 3 amide bonds. The summed E-state index contributed by atoms with van der Waals surface area (Å²) in [4.78, 5) is 35.8. The molecule has 0 saturated carbocycles. The van der Waals surface area contributed by atoms with Gasteiger partial charge in [-0.3, -0.25) is 14.5 Å². The number of urea groups is 1. The number of hydrogen-bond donors (Lipinski definition) is 3.